The number of anilines is 8. The minimum Gasteiger partial charge on any atom is -0.379 e. The average Bonchev–Trinajstić information content (AvgIpc) is 0.902. The van der Waals surface area contributed by atoms with Crippen molar-refractivity contribution in [2.75, 3.05) is 134 Å². The van der Waals surface area contributed by atoms with E-state index in [1.807, 2.05) is 118 Å². The maximum absolute atomic E-state index is 12.7. The van der Waals surface area contributed by atoms with Crippen LogP contribution in [0.15, 0.2) is 262 Å². The van der Waals surface area contributed by atoms with Gasteiger partial charge in [0.05, 0.1) is 84.7 Å². The van der Waals surface area contributed by atoms with E-state index < -0.39 is 0 Å². The lowest BCUT2D eigenvalue weighted by Crippen LogP contribution is -2.48. The molecule has 32 heteroatoms. The van der Waals surface area contributed by atoms with E-state index in [9.17, 15) is 28.8 Å². The summed E-state index contributed by atoms with van der Waals surface area (Å²) in [6.45, 7) is 13.9. The van der Waals surface area contributed by atoms with Gasteiger partial charge in [-0.2, -0.15) is 0 Å². The molecule has 3 saturated heterocycles. The van der Waals surface area contributed by atoms with Crippen molar-refractivity contribution < 1.29 is 33.5 Å². The number of halogens is 4. The number of rotatable bonds is 28. The Balaban J connectivity index is 0.000000144. The van der Waals surface area contributed by atoms with Gasteiger partial charge >= 0.3 is 0 Å². The van der Waals surface area contributed by atoms with E-state index in [0.29, 0.717) is 97.0 Å². The molecular weight excluding hydrogens is 1680 g/mol. The fraction of sp³-hybridized carbons (Fsp3) is 0.223. The SMILES string of the molecule is CC(=O)N1CCN(c2ccc(C(=O)Nc3ccc(Cl)c(-c4ccccn4)c3)cn2)CC1.O=C(Nc1ccc(Cl)c(-c2ccccn2)c1)c1ccc(NCCCN2CCCC2=O)nc1.O=C(Nc1ccc(Cl)c(-c2ccccn2)c1)c1ccc(NCCCN2CCOCC2)nc1.O=C(Nc1ccc(Cl)c(-c2ccccn2)c1)c1ccc(NCCCn2ccnc2)nc1. The summed E-state index contributed by atoms with van der Waals surface area (Å²) in [6.07, 6.45) is 23.0. The van der Waals surface area contributed by atoms with Crippen LogP contribution in [-0.4, -0.2) is 191 Å². The molecule has 0 atom stereocenters. The molecule has 6 amide bonds. The Kier molecular flexibility index (Phi) is 33.1. The summed E-state index contributed by atoms with van der Waals surface area (Å²) in [7, 11) is 0. The summed E-state index contributed by atoms with van der Waals surface area (Å²) in [5.74, 6) is 2.32. The Labute approximate surface area is 750 Å². The number of piperazine rings is 1. The Hall–Kier alpha value is -13.6. The summed E-state index contributed by atoms with van der Waals surface area (Å²) < 4.78 is 7.39. The number of pyridine rings is 8. The van der Waals surface area contributed by atoms with E-state index in [2.05, 4.69) is 91.9 Å². The molecule has 16 rings (SSSR count). The average molecular weight is 1770 g/mol. The minimum absolute atomic E-state index is 0.0908. The summed E-state index contributed by atoms with van der Waals surface area (Å²) in [5, 5.41) is 23.6. The van der Waals surface area contributed by atoms with Crippen LogP contribution in [0, 0.1) is 0 Å². The lowest BCUT2D eigenvalue weighted by Gasteiger charge is -2.34. The number of imidazole rings is 1. The second-order valence-electron chi connectivity index (χ2n) is 29.2. The number of nitrogens with zero attached hydrogens (tertiary/aromatic N) is 14. The Morgan fingerprint density at radius 2 is 0.778 bits per heavy atom. The first-order chi connectivity index (χ1) is 61.5. The van der Waals surface area contributed by atoms with Gasteiger partial charge in [-0.1, -0.05) is 70.7 Å². The number of carbonyl (C=O) groups excluding carboxylic acids is 6. The van der Waals surface area contributed by atoms with E-state index in [0.717, 1.165) is 167 Å². The summed E-state index contributed by atoms with van der Waals surface area (Å²) in [5.41, 5.74) is 10.4. The van der Waals surface area contributed by atoms with Crippen LogP contribution in [0.2, 0.25) is 20.1 Å². The number of likely N-dealkylation sites (tertiary alicyclic amines) is 1. The second kappa shape index (κ2) is 46.2. The first-order valence-electron chi connectivity index (χ1n) is 41.2. The van der Waals surface area contributed by atoms with Crippen molar-refractivity contribution in [3.63, 3.8) is 0 Å². The molecule has 126 heavy (non-hydrogen) atoms. The van der Waals surface area contributed by atoms with Crippen molar-refractivity contribution in [2.24, 2.45) is 0 Å². The van der Waals surface area contributed by atoms with Gasteiger partial charge in [0.25, 0.3) is 23.6 Å². The number of ether oxygens (including phenoxy) is 1. The van der Waals surface area contributed by atoms with E-state index >= 15 is 0 Å². The number of nitrogens with one attached hydrogen (secondary N) is 7. The van der Waals surface area contributed by atoms with Crippen molar-refractivity contribution in [3.05, 3.63) is 305 Å². The predicted octanol–water partition coefficient (Wildman–Crippen LogP) is 17.1. The molecule has 13 aromatic rings. The van der Waals surface area contributed by atoms with Gasteiger partial charge in [0.15, 0.2) is 0 Å². The number of benzene rings is 4. The van der Waals surface area contributed by atoms with Gasteiger partial charge in [0.1, 0.15) is 23.3 Å². The molecular formula is C94H93Cl4N21O7. The molecule has 3 aliphatic heterocycles. The van der Waals surface area contributed by atoms with E-state index in [-0.39, 0.29) is 35.4 Å². The van der Waals surface area contributed by atoms with E-state index in [1.54, 1.807) is 160 Å². The molecule has 3 fully saturated rings. The van der Waals surface area contributed by atoms with Crippen LogP contribution in [0.25, 0.3) is 45.0 Å². The molecule has 0 radical (unpaired) electrons. The first kappa shape index (κ1) is 90.1. The number of aryl methyl sites for hydroxylation is 1. The summed E-state index contributed by atoms with van der Waals surface area (Å²) in [6, 6.07) is 57.9. The topological polar surface area (TPSA) is 330 Å². The standard InChI is InChI=1S/C24H24ClN5O2.C24H26ClN5O2.C23H21ClN6O.C23H22ClN5O2/c25-20-9-8-18(15-19(20)21-5-1-2-11-26-21)29-24(32)17-7-10-22(28-16-17)27-12-4-14-30-13-3-6-23(30)31;25-21-7-6-19(16-20(21)22-4-1-2-9-26-22)29-24(31)18-5-8-23(28-17-18)27-10-3-11-30-12-14-32-15-13-30;24-20-7-6-18(14-19(20)21-4-1-2-9-26-21)29-23(31)17-5-8-22(28-15-17)27-10-3-12-30-13-11-25-16-30;1-16(30)28-10-12-29(13-11-28)22-8-5-17(15-26-22)23(31)27-18-6-7-20(24)19(14-18)21-4-2-3-9-25-21/h1-2,5,7-11,15-16H,3-4,6,12-14H2,(H,27,28)(H,29,32);1-2,4-9,16-17H,3,10-15H2,(H,27,28)(H,29,31);1-2,4-9,11,13-16H,3,10,12H2,(H,27,28)(H,29,31);2-9,14-15H,10-13H2,1H3,(H,27,31). The van der Waals surface area contributed by atoms with Gasteiger partial charge in [-0.25, -0.2) is 24.9 Å². The number of carbonyl (C=O) groups is 6. The molecule has 644 valence electrons. The lowest BCUT2D eigenvalue weighted by molar-refractivity contribution is -0.129. The van der Waals surface area contributed by atoms with Crippen LogP contribution in [-0.2, 0) is 20.9 Å². The van der Waals surface area contributed by atoms with Crippen molar-refractivity contribution >= 4 is 128 Å². The molecule has 4 aromatic carbocycles. The van der Waals surface area contributed by atoms with Crippen LogP contribution in [0.5, 0.6) is 0 Å². The fourth-order valence-electron chi connectivity index (χ4n) is 13.6. The summed E-state index contributed by atoms with van der Waals surface area (Å²) >= 11 is 25.3. The zero-order valence-corrected chi connectivity index (χ0v) is 72.1. The fourth-order valence-corrected chi connectivity index (χ4v) is 14.5. The third kappa shape index (κ3) is 26.7. The van der Waals surface area contributed by atoms with Crippen molar-refractivity contribution in [3.8, 4) is 45.0 Å². The summed E-state index contributed by atoms with van der Waals surface area (Å²) in [4.78, 5) is 121. The molecule has 0 aliphatic carbocycles. The molecule has 9 aromatic heterocycles. The van der Waals surface area contributed by atoms with Crippen LogP contribution in [0.3, 0.4) is 0 Å². The maximum Gasteiger partial charge on any atom is 0.257 e. The van der Waals surface area contributed by atoms with Crippen LogP contribution in [0.4, 0.5) is 46.0 Å². The highest BCUT2D eigenvalue weighted by Crippen LogP contribution is 2.34. The van der Waals surface area contributed by atoms with Crippen LogP contribution >= 0.6 is 46.4 Å². The van der Waals surface area contributed by atoms with Gasteiger partial charge in [0.2, 0.25) is 11.8 Å². The number of amides is 6. The van der Waals surface area contributed by atoms with Gasteiger partial charge < -0.3 is 61.2 Å². The highest BCUT2D eigenvalue weighted by Gasteiger charge is 2.23. The van der Waals surface area contributed by atoms with Crippen LogP contribution < -0.4 is 42.1 Å². The van der Waals surface area contributed by atoms with Gasteiger partial charge in [-0.15, -0.1) is 0 Å². The zero-order chi connectivity index (χ0) is 87.8. The zero-order valence-electron chi connectivity index (χ0n) is 69.1. The third-order valence-electron chi connectivity index (χ3n) is 20.4. The number of aromatic nitrogens is 10. The van der Waals surface area contributed by atoms with Crippen molar-refractivity contribution in [1.82, 2.24) is 64.1 Å². The first-order valence-corrected chi connectivity index (χ1v) is 42.7. The molecule has 28 nitrogen and oxygen atoms in total. The Bertz CT molecular complexity index is 5740. The van der Waals surface area contributed by atoms with E-state index in [1.165, 1.54) is 6.20 Å². The Morgan fingerprint density at radius 3 is 1.10 bits per heavy atom. The molecule has 0 spiro atoms. The minimum atomic E-state index is -0.258. The number of hydrogen-bond acceptors (Lipinski definition) is 21. The lowest BCUT2D eigenvalue weighted by atomic mass is 10.1. The molecule has 0 bridgehead atoms. The highest BCUT2D eigenvalue weighted by atomic mass is 35.5. The predicted molar refractivity (Wildman–Crippen MR) is 497 cm³/mol. The Morgan fingerprint density at radius 1 is 0.397 bits per heavy atom. The number of hydrogen-bond donors (Lipinski definition) is 7. The monoisotopic (exact) mass is 1770 g/mol. The maximum atomic E-state index is 12.7. The van der Waals surface area contributed by atoms with Crippen molar-refractivity contribution in [2.45, 2.75) is 45.6 Å². The highest BCUT2D eigenvalue weighted by molar-refractivity contribution is 6.35. The molecule has 0 saturated carbocycles. The van der Waals surface area contributed by atoms with E-state index in [4.69, 9.17) is 51.1 Å². The smallest absolute Gasteiger partial charge is 0.257 e. The molecule has 0 unspecified atom stereocenters. The largest absolute Gasteiger partial charge is 0.379 e. The molecule has 12 heterocycles. The van der Waals surface area contributed by atoms with Gasteiger partial charge in [-0.3, -0.25) is 53.6 Å². The van der Waals surface area contributed by atoms with Gasteiger partial charge in [-0.05, 0) is 202 Å². The molecule has 7 N–H and O–H groups in total. The second-order valence-corrected chi connectivity index (χ2v) is 30.9. The van der Waals surface area contributed by atoms with Gasteiger partial charge in [0, 0.05) is 199 Å². The third-order valence-corrected chi connectivity index (χ3v) is 21.7. The van der Waals surface area contributed by atoms with Crippen LogP contribution in [0.1, 0.15) is 80.5 Å². The number of morpholine rings is 1. The quantitative estimate of drug-likeness (QED) is 0.0224. The normalized spacial score (nSPS) is 13.0. The molecule has 3 aliphatic rings. The van der Waals surface area contributed by atoms with Crippen molar-refractivity contribution in [1.29, 1.82) is 0 Å².